The predicted octanol–water partition coefficient (Wildman–Crippen LogP) is -0.539. The van der Waals surface area contributed by atoms with Gasteiger partial charge in [0.1, 0.15) is 41.1 Å². The van der Waals surface area contributed by atoms with Crippen molar-refractivity contribution in [2.24, 2.45) is 0 Å². The monoisotopic (exact) mass is 464 g/mol. The van der Waals surface area contributed by atoms with Crippen molar-refractivity contribution < 1.29 is 54.7 Å². The Kier molecular flexibility index (Phi) is 5.78. The fraction of sp³-hybridized carbons (Fsp3) is 0.286. The van der Waals surface area contributed by atoms with Gasteiger partial charge in [-0.2, -0.15) is 0 Å². The average molecular weight is 464 g/mol. The topological polar surface area (TPSA) is 211 Å². The zero-order chi connectivity index (χ0) is 24.0. The molecule has 3 aromatic rings. The molecule has 176 valence electrons. The summed E-state index contributed by atoms with van der Waals surface area (Å²) in [5.41, 5.74) is -0.778. The summed E-state index contributed by atoms with van der Waals surface area (Å²) in [4.78, 5) is 12.6. The normalized spacial score (nSPS) is 25.3. The number of ether oxygens (including phenoxy) is 2. The molecule has 2 heterocycles. The van der Waals surface area contributed by atoms with Crippen LogP contribution in [0.25, 0.3) is 22.3 Å². The maximum Gasteiger partial charge on any atom is 0.229 e. The van der Waals surface area contributed by atoms with E-state index in [1.54, 1.807) is 0 Å². The summed E-state index contributed by atoms with van der Waals surface area (Å²) in [5.74, 6) is -3.18. The molecule has 5 unspecified atom stereocenters. The Balaban J connectivity index is 1.77. The van der Waals surface area contributed by atoms with Gasteiger partial charge in [-0.15, -0.1) is 0 Å². The molecule has 1 aromatic heterocycles. The molecule has 33 heavy (non-hydrogen) atoms. The Morgan fingerprint density at radius 3 is 2.27 bits per heavy atom. The van der Waals surface area contributed by atoms with E-state index in [0.29, 0.717) is 0 Å². The molecule has 12 heteroatoms. The van der Waals surface area contributed by atoms with Crippen LogP contribution in [0.1, 0.15) is 0 Å². The Hall–Kier alpha value is -3.55. The lowest BCUT2D eigenvalue weighted by Gasteiger charge is -2.39. The smallest absolute Gasteiger partial charge is 0.229 e. The molecule has 1 aliphatic rings. The van der Waals surface area contributed by atoms with E-state index in [0.717, 1.165) is 18.2 Å². The van der Waals surface area contributed by atoms with Gasteiger partial charge in [0, 0.05) is 17.7 Å². The van der Waals surface area contributed by atoms with Crippen LogP contribution in [0.2, 0.25) is 0 Å². The number of phenolic OH excluding ortho intramolecular Hbond substituents is 4. The van der Waals surface area contributed by atoms with Crippen LogP contribution in [0, 0.1) is 0 Å². The molecule has 8 N–H and O–H groups in total. The fourth-order valence-corrected chi connectivity index (χ4v) is 3.47. The lowest BCUT2D eigenvalue weighted by Crippen LogP contribution is -2.60. The summed E-state index contributed by atoms with van der Waals surface area (Å²) >= 11 is 0. The molecule has 1 fully saturated rings. The Morgan fingerprint density at radius 1 is 0.879 bits per heavy atom. The Morgan fingerprint density at radius 2 is 1.61 bits per heavy atom. The minimum absolute atomic E-state index is 0.0494. The van der Waals surface area contributed by atoms with Crippen molar-refractivity contribution in [2.75, 3.05) is 6.61 Å². The van der Waals surface area contributed by atoms with Crippen molar-refractivity contribution in [3.05, 3.63) is 40.6 Å². The number of fused-ring (bicyclic) bond motifs is 1. The highest BCUT2D eigenvalue weighted by Gasteiger charge is 2.45. The van der Waals surface area contributed by atoms with Crippen LogP contribution in [0.5, 0.6) is 28.7 Å². The number of rotatable bonds is 4. The fourth-order valence-electron chi connectivity index (χ4n) is 3.47. The van der Waals surface area contributed by atoms with Crippen molar-refractivity contribution >= 4 is 11.0 Å². The SMILES string of the molecule is O=c1cc(-c2ccc(O)c(O)c2)oc2cc(OC3OC(CO)C(O)C(O)C3O)c(O)c(O)c12. The van der Waals surface area contributed by atoms with E-state index in [1.807, 2.05) is 0 Å². The van der Waals surface area contributed by atoms with Crippen LogP contribution in [0.15, 0.2) is 39.5 Å². The van der Waals surface area contributed by atoms with E-state index in [-0.39, 0.29) is 28.0 Å². The van der Waals surface area contributed by atoms with Gasteiger partial charge in [0.15, 0.2) is 28.4 Å². The first-order chi connectivity index (χ1) is 15.6. The van der Waals surface area contributed by atoms with Crippen molar-refractivity contribution in [2.45, 2.75) is 30.7 Å². The van der Waals surface area contributed by atoms with E-state index < -0.39 is 65.7 Å². The van der Waals surface area contributed by atoms with Gasteiger partial charge < -0.3 is 54.7 Å². The van der Waals surface area contributed by atoms with Crippen LogP contribution < -0.4 is 10.2 Å². The molecular weight excluding hydrogens is 444 g/mol. The summed E-state index contributed by atoms with van der Waals surface area (Å²) in [6, 6.07) is 5.72. The van der Waals surface area contributed by atoms with Crippen molar-refractivity contribution in [1.29, 1.82) is 0 Å². The van der Waals surface area contributed by atoms with Gasteiger partial charge in [0.05, 0.1) is 6.61 Å². The van der Waals surface area contributed by atoms with E-state index in [1.165, 1.54) is 12.1 Å². The highest BCUT2D eigenvalue weighted by molar-refractivity contribution is 5.89. The first-order valence-electron chi connectivity index (χ1n) is 9.64. The lowest BCUT2D eigenvalue weighted by molar-refractivity contribution is -0.277. The molecular formula is C21H20O12. The number of aliphatic hydroxyl groups is 4. The summed E-state index contributed by atoms with van der Waals surface area (Å²) in [5, 5.41) is 78.6. The van der Waals surface area contributed by atoms with Crippen molar-refractivity contribution in [3.8, 4) is 40.1 Å². The number of phenols is 4. The lowest BCUT2D eigenvalue weighted by atomic mass is 9.99. The predicted molar refractivity (Wildman–Crippen MR) is 109 cm³/mol. The molecule has 2 aromatic carbocycles. The van der Waals surface area contributed by atoms with E-state index in [9.17, 15) is 45.6 Å². The quantitative estimate of drug-likeness (QED) is 0.229. The van der Waals surface area contributed by atoms with Gasteiger partial charge in [-0.3, -0.25) is 4.79 Å². The molecule has 0 amide bonds. The Labute approximate surface area is 184 Å². The molecule has 0 spiro atoms. The largest absolute Gasteiger partial charge is 0.504 e. The summed E-state index contributed by atoms with van der Waals surface area (Å²) < 4.78 is 16.2. The van der Waals surface area contributed by atoms with Crippen LogP contribution in [0.3, 0.4) is 0 Å². The molecule has 1 saturated heterocycles. The second-order valence-electron chi connectivity index (χ2n) is 7.44. The van der Waals surface area contributed by atoms with E-state index in [4.69, 9.17) is 13.9 Å². The highest BCUT2D eigenvalue weighted by Crippen LogP contribution is 2.43. The van der Waals surface area contributed by atoms with Crippen LogP contribution in [-0.4, -0.2) is 78.2 Å². The van der Waals surface area contributed by atoms with Crippen molar-refractivity contribution in [1.82, 2.24) is 0 Å². The second-order valence-corrected chi connectivity index (χ2v) is 7.44. The summed E-state index contributed by atoms with van der Waals surface area (Å²) in [6.07, 6.45) is -8.13. The van der Waals surface area contributed by atoms with Crippen LogP contribution in [0.4, 0.5) is 0 Å². The molecule has 5 atom stereocenters. The van der Waals surface area contributed by atoms with Crippen LogP contribution in [-0.2, 0) is 4.74 Å². The van der Waals surface area contributed by atoms with Crippen LogP contribution >= 0.6 is 0 Å². The maximum absolute atomic E-state index is 12.6. The van der Waals surface area contributed by atoms with Gasteiger partial charge >= 0.3 is 0 Å². The van der Waals surface area contributed by atoms with E-state index >= 15 is 0 Å². The number of hydrogen-bond acceptors (Lipinski definition) is 12. The van der Waals surface area contributed by atoms with E-state index in [2.05, 4.69) is 0 Å². The van der Waals surface area contributed by atoms with Crippen molar-refractivity contribution in [3.63, 3.8) is 0 Å². The molecule has 0 aliphatic carbocycles. The number of benzene rings is 2. The molecule has 0 radical (unpaired) electrons. The van der Waals surface area contributed by atoms with Gasteiger partial charge in [-0.25, -0.2) is 0 Å². The standard InChI is InChI=1S/C21H20O12/c22-6-14-17(27)19(29)20(30)21(33-14)32-13-5-12-15(18(28)16(13)26)10(25)4-11(31-12)7-1-2-8(23)9(24)3-7/h1-5,14,17,19-24,26-30H,6H2. The first-order valence-corrected chi connectivity index (χ1v) is 9.64. The summed E-state index contributed by atoms with van der Waals surface area (Å²) in [6.45, 7) is -0.711. The first kappa shape index (κ1) is 22.6. The molecule has 0 bridgehead atoms. The zero-order valence-corrected chi connectivity index (χ0v) is 16.7. The van der Waals surface area contributed by atoms with Gasteiger partial charge in [0.25, 0.3) is 0 Å². The zero-order valence-electron chi connectivity index (χ0n) is 16.7. The second kappa shape index (κ2) is 8.42. The minimum Gasteiger partial charge on any atom is -0.504 e. The third kappa shape index (κ3) is 3.90. The third-order valence-electron chi connectivity index (χ3n) is 5.28. The third-order valence-corrected chi connectivity index (χ3v) is 5.28. The number of aromatic hydroxyl groups is 4. The minimum atomic E-state index is -1.79. The number of hydrogen-bond donors (Lipinski definition) is 8. The number of aliphatic hydroxyl groups excluding tert-OH is 4. The Bertz CT molecular complexity index is 1250. The molecule has 1 aliphatic heterocycles. The summed E-state index contributed by atoms with van der Waals surface area (Å²) in [7, 11) is 0. The van der Waals surface area contributed by atoms with Gasteiger partial charge in [-0.05, 0) is 18.2 Å². The molecule has 4 rings (SSSR count). The maximum atomic E-state index is 12.6. The average Bonchev–Trinajstić information content (AvgIpc) is 2.78. The molecule has 12 nitrogen and oxygen atoms in total. The highest BCUT2D eigenvalue weighted by atomic mass is 16.7. The van der Waals surface area contributed by atoms with Gasteiger partial charge in [-0.1, -0.05) is 0 Å². The molecule has 0 saturated carbocycles. The van der Waals surface area contributed by atoms with Gasteiger partial charge in [0.2, 0.25) is 12.0 Å².